The smallest absolute Gasteiger partial charge is 0.147 e. The first-order chi connectivity index (χ1) is 14.6. The Morgan fingerprint density at radius 1 is 0.900 bits per heavy atom. The topological polar surface area (TPSA) is 26.5 Å². The van der Waals surface area contributed by atoms with Gasteiger partial charge in [0.1, 0.15) is 12.4 Å². The Labute approximate surface area is 176 Å². The van der Waals surface area contributed by atoms with Crippen molar-refractivity contribution in [1.82, 2.24) is 4.57 Å². The third-order valence-electron chi connectivity index (χ3n) is 5.08. The van der Waals surface area contributed by atoms with Gasteiger partial charge in [-0.3, -0.25) is 0 Å². The number of benzene rings is 3. The largest absolute Gasteiger partial charge is 0.391 e. The maximum Gasteiger partial charge on any atom is 0.147 e. The fourth-order valence-electron chi connectivity index (χ4n) is 3.56. The van der Waals surface area contributed by atoms with Gasteiger partial charge in [-0.25, -0.2) is 4.39 Å². The summed E-state index contributed by atoms with van der Waals surface area (Å²) < 4.78 is 16.6. The number of rotatable bonds is 6. The lowest BCUT2D eigenvalue weighted by Crippen LogP contribution is -2.04. The monoisotopic (exact) mass is 398 g/mol. The molecule has 0 bridgehead atoms. The third-order valence-corrected chi connectivity index (χ3v) is 5.08. The van der Waals surface area contributed by atoms with Gasteiger partial charge < -0.3 is 9.40 Å². The van der Waals surface area contributed by atoms with Gasteiger partial charge in [-0.2, -0.15) is 0 Å². The molecule has 3 aromatic carbocycles. The van der Waals surface area contributed by atoms with Crippen LogP contribution >= 0.6 is 0 Å². The van der Waals surface area contributed by atoms with Crippen LogP contribution in [0.15, 0.2) is 96.2 Å². The minimum absolute atomic E-state index is 0.269. The molecule has 4 aromatic rings. The van der Waals surface area contributed by atoms with E-state index in [0.29, 0.717) is 12.3 Å². The highest BCUT2D eigenvalue weighted by atomic mass is 19.1. The van der Waals surface area contributed by atoms with E-state index in [9.17, 15) is 4.39 Å². The molecule has 1 aromatic heterocycles. The molecule has 0 aliphatic rings. The highest BCUT2D eigenvalue weighted by Crippen LogP contribution is 2.31. The summed E-state index contributed by atoms with van der Waals surface area (Å²) in [6.45, 7) is 4.29. The van der Waals surface area contributed by atoms with Crippen LogP contribution < -0.4 is 0 Å². The quantitative estimate of drug-likeness (QED) is 0.268. The van der Waals surface area contributed by atoms with Crippen LogP contribution in [0.5, 0.6) is 0 Å². The molecule has 150 valence electrons. The Morgan fingerprint density at radius 3 is 2.23 bits per heavy atom. The van der Waals surface area contributed by atoms with Crippen LogP contribution in [0.4, 0.5) is 4.39 Å². The Morgan fingerprint density at radius 2 is 1.53 bits per heavy atom. The molecule has 0 spiro atoms. The average molecular weight is 398 g/mol. The lowest BCUT2D eigenvalue weighted by atomic mass is 10.1. The Bertz CT molecular complexity index is 1160. The number of aromatic nitrogens is 1. The van der Waals surface area contributed by atoms with Gasteiger partial charge in [-0.15, -0.1) is 0 Å². The fraction of sp³-hybridized carbons (Fsp3) is 0.115. The molecule has 0 amide bonds. The van der Waals surface area contributed by atoms with Crippen LogP contribution in [0.1, 0.15) is 23.7 Å². The molecule has 0 atom stereocenters. The maximum absolute atomic E-state index is 14.7. The molecule has 0 radical (unpaired) electrons. The van der Waals surface area contributed by atoms with Crippen LogP contribution in [-0.4, -0.2) is 10.3 Å². The van der Waals surface area contributed by atoms with E-state index in [2.05, 4.69) is 5.16 Å². The summed E-state index contributed by atoms with van der Waals surface area (Å²) >= 11 is 0. The van der Waals surface area contributed by atoms with Gasteiger partial charge in [-0.05, 0) is 43.2 Å². The van der Waals surface area contributed by atoms with Crippen molar-refractivity contribution in [2.75, 3.05) is 0 Å². The summed E-state index contributed by atoms with van der Waals surface area (Å²) in [6, 6.07) is 28.7. The molecule has 0 unspecified atom stereocenters. The van der Waals surface area contributed by atoms with Gasteiger partial charge in [0.2, 0.25) is 0 Å². The SMILES string of the molecule is C/C(=N\OCc1ccccc1)c1cc(-c2ccccc2)n(-c2ccccc2F)c1C. The van der Waals surface area contributed by atoms with Crippen LogP contribution in [0.2, 0.25) is 0 Å². The van der Waals surface area contributed by atoms with Gasteiger partial charge in [0, 0.05) is 11.3 Å². The van der Waals surface area contributed by atoms with Crippen molar-refractivity contribution in [2.24, 2.45) is 5.16 Å². The van der Waals surface area contributed by atoms with E-state index in [4.69, 9.17) is 4.84 Å². The molecule has 0 N–H and O–H groups in total. The van der Waals surface area contributed by atoms with Crippen LogP contribution in [0.3, 0.4) is 0 Å². The van der Waals surface area contributed by atoms with Gasteiger partial charge in [0.05, 0.1) is 17.1 Å². The first-order valence-corrected chi connectivity index (χ1v) is 9.88. The van der Waals surface area contributed by atoms with E-state index in [0.717, 1.165) is 33.8 Å². The Kier molecular flexibility index (Phi) is 5.75. The standard InChI is InChI=1S/C26H23FN2O/c1-19(28-30-18-21-11-5-3-6-12-21)23-17-26(22-13-7-4-8-14-22)29(20(23)2)25-16-10-9-15-24(25)27/h3-17H,18H2,1-2H3/b28-19+. The molecule has 0 fully saturated rings. The number of hydrogen-bond donors (Lipinski definition) is 0. The molecular formula is C26H23FN2O. The second kappa shape index (κ2) is 8.78. The molecular weight excluding hydrogens is 375 g/mol. The zero-order valence-corrected chi connectivity index (χ0v) is 17.0. The molecule has 0 aliphatic heterocycles. The number of oxime groups is 1. The summed E-state index contributed by atoms with van der Waals surface area (Å²) in [4.78, 5) is 5.58. The number of hydrogen-bond acceptors (Lipinski definition) is 2. The van der Waals surface area contributed by atoms with E-state index < -0.39 is 0 Å². The van der Waals surface area contributed by atoms with E-state index in [1.165, 1.54) is 6.07 Å². The highest BCUT2D eigenvalue weighted by Gasteiger charge is 2.18. The first kappa shape index (κ1) is 19.6. The molecule has 4 heteroatoms. The second-order valence-electron chi connectivity index (χ2n) is 7.12. The lowest BCUT2D eigenvalue weighted by molar-refractivity contribution is 0.130. The zero-order valence-electron chi connectivity index (χ0n) is 17.0. The molecule has 4 rings (SSSR count). The predicted molar refractivity (Wildman–Crippen MR) is 119 cm³/mol. The summed E-state index contributed by atoms with van der Waals surface area (Å²) in [5.74, 6) is -0.269. The zero-order chi connectivity index (χ0) is 20.9. The fourth-order valence-corrected chi connectivity index (χ4v) is 3.56. The summed E-state index contributed by atoms with van der Waals surface area (Å²) in [5, 5.41) is 4.32. The van der Waals surface area contributed by atoms with E-state index in [1.807, 2.05) is 91.2 Å². The molecule has 3 nitrogen and oxygen atoms in total. The van der Waals surface area contributed by atoms with E-state index >= 15 is 0 Å². The number of halogens is 1. The van der Waals surface area contributed by atoms with Gasteiger partial charge in [0.15, 0.2) is 0 Å². The van der Waals surface area contributed by atoms with Crippen molar-refractivity contribution in [1.29, 1.82) is 0 Å². The van der Waals surface area contributed by atoms with Crippen molar-refractivity contribution < 1.29 is 9.23 Å². The summed E-state index contributed by atoms with van der Waals surface area (Å²) in [7, 11) is 0. The predicted octanol–water partition coefficient (Wildman–Crippen LogP) is 6.53. The molecule has 1 heterocycles. The van der Waals surface area contributed by atoms with Crippen molar-refractivity contribution in [3.8, 4) is 16.9 Å². The Hall–Kier alpha value is -3.66. The summed E-state index contributed by atoms with van der Waals surface area (Å²) in [5.41, 5.74) is 6.06. The number of nitrogens with zero attached hydrogens (tertiary/aromatic N) is 2. The van der Waals surface area contributed by atoms with Crippen LogP contribution in [0, 0.1) is 12.7 Å². The molecule has 0 aliphatic carbocycles. The minimum atomic E-state index is -0.269. The molecule has 0 saturated carbocycles. The van der Waals surface area contributed by atoms with Crippen molar-refractivity contribution >= 4 is 5.71 Å². The maximum atomic E-state index is 14.7. The van der Waals surface area contributed by atoms with Crippen LogP contribution in [0.25, 0.3) is 16.9 Å². The average Bonchev–Trinajstić information content (AvgIpc) is 3.12. The van der Waals surface area contributed by atoms with E-state index in [1.54, 1.807) is 12.1 Å². The van der Waals surface area contributed by atoms with Gasteiger partial charge >= 0.3 is 0 Å². The van der Waals surface area contributed by atoms with Crippen LogP contribution in [-0.2, 0) is 11.4 Å². The van der Waals surface area contributed by atoms with Gasteiger partial charge in [-0.1, -0.05) is 78.0 Å². The first-order valence-electron chi connectivity index (χ1n) is 9.88. The van der Waals surface area contributed by atoms with Crippen molar-refractivity contribution in [2.45, 2.75) is 20.5 Å². The lowest BCUT2D eigenvalue weighted by Gasteiger charge is -2.13. The highest BCUT2D eigenvalue weighted by molar-refractivity contribution is 6.01. The Balaban J connectivity index is 1.74. The molecule has 30 heavy (non-hydrogen) atoms. The van der Waals surface area contributed by atoms with Gasteiger partial charge in [0.25, 0.3) is 0 Å². The minimum Gasteiger partial charge on any atom is -0.391 e. The van der Waals surface area contributed by atoms with E-state index in [-0.39, 0.29) is 5.82 Å². The third kappa shape index (κ3) is 4.03. The van der Waals surface area contributed by atoms with Crippen molar-refractivity contribution in [3.63, 3.8) is 0 Å². The normalized spacial score (nSPS) is 11.5. The second-order valence-corrected chi connectivity index (χ2v) is 7.12. The summed E-state index contributed by atoms with van der Waals surface area (Å²) in [6.07, 6.45) is 0. The number of para-hydroxylation sites is 1. The molecule has 0 saturated heterocycles. The van der Waals surface area contributed by atoms with Crippen molar-refractivity contribution in [3.05, 3.63) is 114 Å².